The van der Waals surface area contributed by atoms with E-state index in [4.69, 9.17) is 21.2 Å². The van der Waals surface area contributed by atoms with Crippen LogP contribution in [0.5, 0.6) is 0 Å². The Morgan fingerprint density at radius 1 is 1.36 bits per heavy atom. The van der Waals surface area contributed by atoms with Crippen LogP contribution in [0.4, 0.5) is 0 Å². The van der Waals surface area contributed by atoms with E-state index in [0.717, 1.165) is 18.5 Å². The highest BCUT2D eigenvalue weighted by Crippen LogP contribution is 2.27. The summed E-state index contributed by atoms with van der Waals surface area (Å²) in [4.78, 5) is 26.6. The summed E-state index contributed by atoms with van der Waals surface area (Å²) in [5.74, 6) is -0.951. The number of nitrogens with zero attached hydrogens (tertiary/aromatic N) is 4. The molecule has 2 aromatic heterocycles. The largest absolute Gasteiger partial charge is 0.348 e. The van der Waals surface area contributed by atoms with Gasteiger partial charge in [0.05, 0.1) is 28.8 Å². The number of sulfonamides is 1. The lowest BCUT2D eigenvalue weighted by molar-refractivity contribution is 0.0938. The molecule has 1 aromatic carbocycles. The first-order valence-corrected chi connectivity index (χ1v) is 11.7. The SMILES string of the molecule is [2H]c1c([2H])c(-c2cc(C(=O)N[C@@H](C)CNS(=O)(=O)C3CC3)c(=O)n(-c3cnn(C([2H])([2H])[2H])c3)n2)c([2H])c([2H])c1Cl. The van der Waals surface area contributed by atoms with Crippen molar-refractivity contribution in [1.82, 2.24) is 29.6 Å². The van der Waals surface area contributed by atoms with Gasteiger partial charge in [-0.25, -0.2) is 13.1 Å². The highest BCUT2D eigenvalue weighted by atomic mass is 35.5. The van der Waals surface area contributed by atoms with Crippen LogP contribution in [0.3, 0.4) is 0 Å². The van der Waals surface area contributed by atoms with Crippen LogP contribution in [0.15, 0.2) is 47.4 Å². The third kappa shape index (κ3) is 5.32. The lowest BCUT2D eigenvalue weighted by atomic mass is 10.1. The van der Waals surface area contributed by atoms with Crippen molar-refractivity contribution in [3.63, 3.8) is 0 Å². The first kappa shape index (κ1) is 15.8. The molecule has 174 valence electrons. The van der Waals surface area contributed by atoms with Crippen molar-refractivity contribution >= 4 is 27.5 Å². The molecule has 1 atom stereocenters. The highest BCUT2D eigenvalue weighted by Gasteiger charge is 2.35. The number of rotatable bonds is 8. The molecule has 1 aliphatic rings. The summed E-state index contributed by atoms with van der Waals surface area (Å²) in [7, 11) is -3.53. The topological polar surface area (TPSA) is 128 Å². The Bertz CT molecular complexity index is 1640. The number of nitrogens with one attached hydrogen (secondary N) is 2. The lowest BCUT2D eigenvalue weighted by Gasteiger charge is -2.15. The van der Waals surface area contributed by atoms with Gasteiger partial charge in [-0.15, -0.1) is 0 Å². The monoisotopic (exact) mass is 497 g/mol. The summed E-state index contributed by atoms with van der Waals surface area (Å²) in [5, 5.41) is 9.42. The Kier molecular flexibility index (Phi) is 4.34. The Morgan fingerprint density at radius 2 is 2.09 bits per heavy atom. The van der Waals surface area contributed by atoms with Gasteiger partial charge in [-0.2, -0.15) is 14.9 Å². The molecule has 10 nitrogen and oxygen atoms in total. The van der Waals surface area contributed by atoms with Gasteiger partial charge in [0.25, 0.3) is 11.5 Å². The van der Waals surface area contributed by atoms with Crippen LogP contribution in [0.2, 0.25) is 5.02 Å². The number of benzene rings is 1. The standard InChI is InChI=1S/C21H23ClN6O4S/c1-13(10-24-33(31,32)17-7-8-17)25-20(29)18-9-19(14-3-5-15(22)6-4-14)26-28(21(18)30)16-11-23-27(2)12-16/h3-6,9,11-13,17,24H,7-8,10H2,1-2H3,(H,25,29)/t13-/m0/s1/i2D3,3D,4D,5D,6D. The summed E-state index contributed by atoms with van der Waals surface area (Å²) < 4.78 is 83.1. The fourth-order valence-corrected chi connectivity index (χ4v) is 4.46. The van der Waals surface area contributed by atoms with Crippen molar-refractivity contribution in [3.8, 4) is 16.9 Å². The number of hydrogen-bond donors (Lipinski definition) is 2. The zero-order valence-corrected chi connectivity index (χ0v) is 18.8. The van der Waals surface area contributed by atoms with Gasteiger partial charge < -0.3 is 5.32 Å². The fraction of sp³-hybridized carbons (Fsp3) is 0.333. The minimum atomic E-state index is -3.53. The maximum absolute atomic E-state index is 13.4. The van der Waals surface area contributed by atoms with Crippen molar-refractivity contribution in [2.45, 2.75) is 31.1 Å². The number of aryl methyl sites for hydroxylation is 1. The van der Waals surface area contributed by atoms with E-state index >= 15 is 0 Å². The van der Waals surface area contributed by atoms with Crippen LogP contribution >= 0.6 is 11.6 Å². The van der Waals surface area contributed by atoms with Gasteiger partial charge in [-0.05, 0) is 37.9 Å². The van der Waals surface area contributed by atoms with Crippen molar-refractivity contribution < 1.29 is 22.8 Å². The molecule has 1 fully saturated rings. The molecule has 1 saturated carbocycles. The van der Waals surface area contributed by atoms with Gasteiger partial charge in [-0.1, -0.05) is 23.7 Å². The van der Waals surface area contributed by atoms with Crippen molar-refractivity contribution in [3.05, 3.63) is 63.6 Å². The molecule has 2 N–H and O–H groups in total. The molecule has 33 heavy (non-hydrogen) atoms. The molecule has 0 bridgehead atoms. The summed E-state index contributed by atoms with van der Waals surface area (Å²) in [6, 6.07) is -2.11. The second kappa shape index (κ2) is 9.08. The molecule has 0 aliphatic heterocycles. The molecule has 1 aliphatic carbocycles. The Hall–Kier alpha value is -3.02. The number of amides is 1. The lowest BCUT2D eigenvalue weighted by Crippen LogP contribution is -2.44. The Labute approximate surface area is 205 Å². The zero-order chi connectivity index (χ0) is 29.7. The summed E-state index contributed by atoms with van der Waals surface area (Å²) in [6.07, 6.45) is 3.10. The molecule has 3 aromatic rings. The van der Waals surface area contributed by atoms with Crippen molar-refractivity contribution in [2.24, 2.45) is 6.98 Å². The number of carbonyl (C=O) groups is 1. The minimum absolute atomic E-state index is 0.155. The second-order valence-corrected chi connectivity index (χ2v) is 9.88. The molecular weight excluding hydrogens is 468 g/mol. The average Bonchev–Trinajstić information content (AvgIpc) is 3.63. The maximum Gasteiger partial charge on any atom is 0.284 e. The van der Waals surface area contributed by atoms with E-state index in [-0.39, 0.29) is 23.5 Å². The smallest absolute Gasteiger partial charge is 0.284 e. The predicted octanol–water partition coefficient (Wildman–Crippen LogP) is 1.49. The quantitative estimate of drug-likeness (QED) is 0.485. The second-order valence-electron chi connectivity index (χ2n) is 7.46. The average molecular weight is 498 g/mol. The van der Waals surface area contributed by atoms with Crippen molar-refractivity contribution in [2.75, 3.05) is 6.54 Å². The van der Waals surface area contributed by atoms with E-state index in [1.165, 1.54) is 6.92 Å². The van der Waals surface area contributed by atoms with Gasteiger partial charge in [0.15, 0.2) is 0 Å². The number of aromatic nitrogens is 4. The minimum Gasteiger partial charge on any atom is -0.348 e. The van der Waals surface area contributed by atoms with Crippen molar-refractivity contribution in [1.29, 1.82) is 0 Å². The third-order valence-electron chi connectivity index (χ3n) is 4.75. The predicted molar refractivity (Wildman–Crippen MR) is 124 cm³/mol. The third-order valence-corrected chi connectivity index (χ3v) is 6.86. The number of hydrogen-bond acceptors (Lipinski definition) is 6. The van der Waals surface area contributed by atoms with Gasteiger partial charge in [0.1, 0.15) is 11.3 Å². The molecule has 1 amide bonds. The molecule has 2 heterocycles. The van der Waals surface area contributed by atoms with Gasteiger partial charge in [0, 0.05) is 34.3 Å². The van der Waals surface area contributed by atoms with Crippen LogP contribution in [0.1, 0.15) is 39.7 Å². The molecule has 4 rings (SSSR count). The van der Waals surface area contributed by atoms with E-state index < -0.39 is 74.5 Å². The molecule has 0 saturated heterocycles. The van der Waals surface area contributed by atoms with E-state index in [2.05, 4.69) is 20.2 Å². The first-order chi connectivity index (χ1) is 18.5. The van der Waals surface area contributed by atoms with Gasteiger partial charge in [0.2, 0.25) is 10.0 Å². The van der Waals surface area contributed by atoms with E-state index in [1.807, 2.05) is 0 Å². The number of halogens is 1. The first-order valence-electron chi connectivity index (χ1n) is 13.3. The fourth-order valence-electron chi connectivity index (χ4n) is 2.89. The molecular formula is C21H23ClN6O4S. The van der Waals surface area contributed by atoms with E-state index in [9.17, 15) is 18.0 Å². The normalized spacial score (nSPS) is 18.2. The van der Waals surface area contributed by atoms with Crippen LogP contribution in [-0.4, -0.2) is 51.7 Å². The summed E-state index contributed by atoms with van der Waals surface area (Å²) in [5.41, 5.74) is -2.40. The highest BCUT2D eigenvalue weighted by molar-refractivity contribution is 7.90. The number of carbonyl (C=O) groups excluding carboxylic acids is 1. The molecule has 0 radical (unpaired) electrons. The Morgan fingerprint density at radius 3 is 2.73 bits per heavy atom. The van der Waals surface area contributed by atoms with Crippen LogP contribution < -0.4 is 15.6 Å². The summed E-state index contributed by atoms with van der Waals surface area (Å²) >= 11 is 5.90. The van der Waals surface area contributed by atoms with Gasteiger partial charge in [-0.3, -0.25) is 14.3 Å². The van der Waals surface area contributed by atoms with Crippen LogP contribution in [-0.2, 0) is 17.0 Å². The summed E-state index contributed by atoms with van der Waals surface area (Å²) in [6.45, 7) is -1.34. The Balaban J connectivity index is 1.80. The maximum atomic E-state index is 13.4. The molecule has 0 spiro atoms. The van der Waals surface area contributed by atoms with E-state index in [0.29, 0.717) is 22.2 Å². The zero-order valence-electron chi connectivity index (χ0n) is 24.2. The van der Waals surface area contributed by atoms with Gasteiger partial charge >= 0.3 is 0 Å². The van der Waals surface area contributed by atoms with E-state index in [1.54, 1.807) is 0 Å². The van der Waals surface area contributed by atoms with Crippen LogP contribution in [0.25, 0.3) is 16.9 Å². The molecule has 12 heteroatoms. The molecule has 0 unspecified atom stereocenters. The van der Waals surface area contributed by atoms with Crippen LogP contribution in [0, 0.1) is 0 Å².